The molecule has 0 saturated carbocycles. The van der Waals surface area contributed by atoms with Gasteiger partial charge in [0.15, 0.2) is 0 Å². The fourth-order valence-corrected chi connectivity index (χ4v) is 11.6. The van der Waals surface area contributed by atoms with Crippen molar-refractivity contribution in [2.24, 2.45) is 0 Å². The second-order valence-corrected chi connectivity index (χ2v) is 17.5. The van der Waals surface area contributed by atoms with Crippen molar-refractivity contribution < 1.29 is 8.83 Å². The first kappa shape index (κ1) is 33.5. The summed E-state index contributed by atoms with van der Waals surface area (Å²) in [6, 6.07) is 76.3. The third-order valence-corrected chi connectivity index (χ3v) is 14.4. The van der Waals surface area contributed by atoms with E-state index in [9.17, 15) is 0 Å². The molecule has 0 saturated heterocycles. The maximum atomic E-state index is 6.59. The summed E-state index contributed by atoms with van der Waals surface area (Å²) < 4.78 is 13.1. The molecule has 0 amide bonds. The van der Waals surface area contributed by atoms with Crippen molar-refractivity contribution in [3.63, 3.8) is 0 Å². The van der Waals surface area contributed by atoms with Crippen LogP contribution < -0.4 is 0 Å². The Morgan fingerprint density at radius 2 is 0.683 bits per heavy atom. The number of hydrogen-bond acceptors (Lipinski definition) is 2. The summed E-state index contributed by atoms with van der Waals surface area (Å²) in [5, 5.41) is 11.9. The van der Waals surface area contributed by atoms with Gasteiger partial charge in [0.1, 0.15) is 22.3 Å². The summed E-state index contributed by atoms with van der Waals surface area (Å²) in [6.07, 6.45) is 0. The fraction of sp³-hybridized carbons (Fsp3) is 0.0164. The van der Waals surface area contributed by atoms with E-state index in [4.69, 9.17) is 8.83 Å². The minimum absolute atomic E-state index is 0.505. The third-order valence-electron chi connectivity index (χ3n) is 14.4. The lowest BCUT2D eigenvalue weighted by atomic mass is 9.69. The molecule has 0 radical (unpaired) electrons. The Morgan fingerprint density at radius 1 is 0.254 bits per heavy atom. The van der Waals surface area contributed by atoms with Crippen molar-refractivity contribution in [3.8, 4) is 44.5 Å². The number of rotatable bonds is 2. The number of benzene rings is 11. The molecular weight excluding hydrogens is 765 g/mol. The van der Waals surface area contributed by atoms with E-state index in [0.29, 0.717) is 0 Å². The van der Waals surface area contributed by atoms with Crippen molar-refractivity contribution >= 4 is 76.2 Å². The van der Waals surface area contributed by atoms with Gasteiger partial charge in [-0.2, -0.15) is 0 Å². The van der Waals surface area contributed by atoms with Crippen molar-refractivity contribution in [1.82, 2.24) is 0 Å². The van der Waals surface area contributed by atoms with Crippen molar-refractivity contribution in [2.45, 2.75) is 5.41 Å². The second-order valence-electron chi connectivity index (χ2n) is 17.5. The van der Waals surface area contributed by atoms with Gasteiger partial charge in [-0.15, -0.1) is 0 Å². The van der Waals surface area contributed by atoms with Crippen LogP contribution in [0.4, 0.5) is 0 Å². The first-order chi connectivity index (χ1) is 31.2. The van der Waals surface area contributed by atoms with Gasteiger partial charge in [-0.05, 0) is 160 Å². The predicted molar refractivity (Wildman–Crippen MR) is 261 cm³/mol. The van der Waals surface area contributed by atoms with Crippen LogP contribution in [0.2, 0.25) is 0 Å². The second kappa shape index (κ2) is 12.0. The number of furan rings is 2. The zero-order valence-electron chi connectivity index (χ0n) is 33.9. The summed E-state index contributed by atoms with van der Waals surface area (Å²) in [5.41, 5.74) is 18.3. The van der Waals surface area contributed by atoms with Gasteiger partial charge >= 0.3 is 0 Å². The molecule has 0 unspecified atom stereocenters. The maximum absolute atomic E-state index is 6.59. The Kier molecular flexibility index (Phi) is 6.38. The molecule has 0 bridgehead atoms. The van der Waals surface area contributed by atoms with Crippen LogP contribution in [0.5, 0.6) is 0 Å². The van der Waals surface area contributed by atoms with Crippen molar-refractivity contribution in [3.05, 3.63) is 229 Å². The Morgan fingerprint density at radius 3 is 1.27 bits per heavy atom. The van der Waals surface area contributed by atoms with E-state index in [0.717, 1.165) is 55.0 Å². The largest absolute Gasteiger partial charge is 0.456 e. The molecule has 0 atom stereocenters. The monoisotopic (exact) mass is 798 g/mol. The van der Waals surface area contributed by atoms with Gasteiger partial charge in [-0.25, -0.2) is 0 Å². The fourth-order valence-electron chi connectivity index (χ4n) is 11.6. The average molecular weight is 799 g/mol. The standard InChI is InChI=1S/C61H34O2/c1-3-11-37-31-58-51(28-35(37)9-1)48-24-19-41(33-56(48)62-58)39-17-22-44-43(27-39)21-26-50-47-23-18-40(42-20-25-49-52-29-36-10-2-4-12-38(36)32-59(52)63-57(49)34-42)30-55(47)61(60(44)50)53-15-7-5-13-45(53)46-14-6-8-16-54(46)61/h1-34H. The third kappa shape index (κ3) is 4.42. The molecule has 2 heteroatoms. The van der Waals surface area contributed by atoms with Gasteiger partial charge in [-0.3, -0.25) is 0 Å². The van der Waals surface area contributed by atoms with Crippen LogP contribution in [0.1, 0.15) is 22.3 Å². The van der Waals surface area contributed by atoms with E-state index < -0.39 is 5.41 Å². The van der Waals surface area contributed by atoms with Crippen LogP contribution in [0.15, 0.2) is 215 Å². The molecule has 0 fully saturated rings. The smallest absolute Gasteiger partial charge is 0.136 e. The van der Waals surface area contributed by atoms with E-state index in [1.54, 1.807) is 0 Å². The molecule has 63 heavy (non-hydrogen) atoms. The summed E-state index contributed by atoms with van der Waals surface area (Å²) in [6.45, 7) is 0. The Labute approximate surface area is 361 Å². The molecule has 2 heterocycles. The molecule has 0 N–H and O–H groups in total. The molecule has 1 spiro atoms. The van der Waals surface area contributed by atoms with Crippen molar-refractivity contribution in [1.29, 1.82) is 0 Å². The topological polar surface area (TPSA) is 26.3 Å². The average Bonchev–Trinajstić information content (AvgIpc) is 4.06. The zero-order valence-corrected chi connectivity index (χ0v) is 33.9. The SMILES string of the molecule is c1ccc2c(c1)-c1ccccc1C21c2cc(-c3ccc4c(c3)oc3cc5ccccc5cc34)ccc2-c2ccc3cc(-c4ccc5c(c4)oc4cc6ccccc6cc45)ccc3c21. The molecular formula is C61H34O2. The van der Waals surface area contributed by atoms with Crippen LogP contribution in [0.25, 0.3) is 121 Å². The van der Waals surface area contributed by atoms with E-state index >= 15 is 0 Å². The van der Waals surface area contributed by atoms with Gasteiger partial charge in [0.25, 0.3) is 0 Å². The first-order valence-electron chi connectivity index (χ1n) is 21.8. The molecule has 13 aromatic rings. The molecule has 0 aliphatic heterocycles. The van der Waals surface area contributed by atoms with Crippen LogP contribution >= 0.6 is 0 Å². The van der Waals surface area contributed by atoms with E-state index in [2.05, 4.69) is 206 Å². The molecule has 15 rings (SSSR count). The minimum atomic E-state index is -0.505. The zero-order chi connectivity index (χ0) is 41.0. The van der Waals surface area contributed by atoms with Crippen LogP contribution in [0.3, 0.4) is 0 Å². The van der Waals surface area contributed by atoms with E-state index in [1.807, 2.05) is 0 Å². The van der Waals surface area contributed by atoms with Gasteiger partial charge in [0.05, 0.1) is 5.41 Å². The lowest BCUT2D eigenvalue weighted by Gasteiger charge is -2.31. The van der Waals surface area contributed by atoms with E-state index in [-0.39, 0.29) is 0 Å². The highest BCUT2D eigenvalue weighted by Crippen LogP contribution is 2.64. The lowest BCUT2D eigenvalue weighted by molar-refractivity contribution is 0.669. The maximum Gasteiger partial charge on any atom is 0.136 e. The Hall–Kier alpha value is -8.20. The van der Waals surface area contributed by atoms with Gasteiger partial charge in [0.2, 0.25) is 0 Å². The first-order valence-corrected chi connectivity index (χ1v) is 21.8. The summed E-state index contributed by atoms with van der Waals surface area (Å²) in [7, 11) is 0. The predicted octanol–water partition coefficient (Wildman–Crippen LogP) is 16.6. The molecule has 290 valence electrons. The Balaban J connectivity index is 0.919. The van der Waals surface area contributed by atoms with Crippen LogP contribution in [-0.4, -0.2) is 0 Å². The molecule has 2 aliphatic carbocycles. The quantitative estimate of drug-likeness (QED) is 0.174. The summed E-state index contributed by atoms with van der Waals surface area (Å²) in [5.74, 6) is 0. The number of hydrogen-bond donors (Lipinski definition) is 0. The summed E-state index contributed by atoms with van der Waals surface area (Å²) in [4.78, 5) is 0. The minimum Gasteiger partial charge on any atom is -0.456 e. The molecule has 2 aromatic heterocycles. The Bertz CT molecular complexity index is 4110. The lowest BCUT2D eigenvalue weighted by Crippen LogP contribution is -2.26. The number of fused-ring (bicyclic) bond motifs is 20. The normalized spacial score (nSPS) is 13.5. The van der Waals surface area contributed by atoms with Gasteiger partial charge < -0.3 is 8.83 Å². The van der Waals surface area contributed by atoms with E-state index in [1.165, 1.54) is 88.0 Å². The molecule has 2 aliphatic rings. The highest BCUT2D eigenvalue weighted by atomic mass is 16.3. The molecule has 11 aromatic carbocycles. The highest BCUT2D eigenvalue weighted by molar-refractivity contribution is 6.13. The van der Waals surface area contributed by atoms with Crippen LogP contribution in [-0.2, 0) is 5.41 Å². The van der Waals surface area contributed by atoms with Gasteiger partial charge in [-0.1, -0.05) is 146 Å². The van der Waals surface area contributed by atoms with Crippen LogP contribution in [0, 0.1) is 0 Å². The highest BCUT2D eigenvalue weighted by Gasteiger charge is 2.52. The van der Waals surface area contributed by atoms with Gasteiger partial charge in [0, 0.05) is 21.5 Å². The molecule has 2 nitrogen and oxygen atoms in total. The summed E-state index contributed by atoms with van der Waals surface area (Å²) >= 11 is 0. The van der Waals surface area contributed by atoms with Crippen molar-refractivity contribution in [2.75, 3.05) is 0 Å².